The molecule has 0 spiro atoms. The van der Waals surface area contributed by atoms with Crippen molar-refractivity contribution in [3.05, 3.63) is 24.2 Å². The maximum Gasteiger partial charge on any atom is 0.222 e. The van der Waals surface area contributed by atoms with E-state index in [9.17, 15) is 4.79 Å². The van der Waals surface area contributed by atoms with E-state index in [-0.39, 0.29) is 24.0 Å². The lowest BCUT2D eigenvalue weighted by Gasteiger charge is -2.16. The lowest BCUT2D eigenvalue weighted by Crippen LogP contribution is -2.40. The summed E-state index contributed by atoms with van der Waals surface area (Å²) < 4.78 is 5.32. The number of amides is 1. The Bertz CT molecular complexity index is 491. The summed E-state index contributed by atoms with van der Waals surface area (Å²) in [5, 5.41) is 6.67. The summed E-state index contributed by atoms with van der Waals surface area (Å²) in [5.74, 6) is 2.10. The molecule has 1 saturated heterocycles. The number of likely N-dealkylation sites (tertiary alicyclic amines) is 1. The van der Waals surface area contributed by atoms with Gasteiger partial charge >= 0.3 is 0 Å². The second-order valence-corrected chi connectivity index (χ2v) is 5.75. The number of rotatable bonds is 9. The van der Waals surface area contributed by atoms with Crippen molar-refractivity contribution in [3.63, 3.8) is 0 Å². The molecule has 1 aromatic rings. The Morgan fingerprint density at radius 3 is 2.88 bits per heavy atom. The number of carbonyl (C=O) groups is 1. The number of aliphatic imine (C=N–C) groups is 1. The van der Waals surface area contributed by atoms with Crippen molar-refractivity contribution >= 4 is 35.8 Å². The Morgan fingerprint density at radius 2 is 2.21 bits per heavy atom. The molecule has 0 atom stereocenters. The van der Waals surface area contributed by atoms with Crippen LogP contribution in [0.15, 0.2) is 27.8 Å². The summed E-state index contributed by atoms with van der Waals surface area (Å²) in [6.45, 7) is 6.27. The van der Waals surface area contributed by atoms with E-state index in [0.29, 0.717) is 12.3 Å². The van der Waals surface area contributed by atoms with Crippen molar-refractivity contribution in [1.29, 1.82) is 0 Å². The third-order valence-electron chi connectivity index (χ3n) is 3.81. The summed E-state index contributed by atoms with van der Waals surface area (Å²) in [7, 11) is 0. The third-order valence-corrected chi connectivity index (χ3v) is 3.81. The molecule has 7 heteroatoms. The Kier molecular flexibility index (Phi) is 10.5. The molecule has 1 amide bonds. The zero-order chi connectivity index (χ0) is 16.3. The first-order valence-corrected chi connectivity index (χ1v) is 8.62. The Hall–Kier alpha value is -1.25. The number of furan rings is 1. The van der Waals surface area contributed by atoms with Crippen molar-refractivity contribution in [1.82, 2.24) is 15.5 Å². The van der Waals surface area contributed by atoms with Crippen LogP contribution < -0.4 is 10.6 Å². The number of guanidine groups is 1. The zero-order valence-corrected chi connectivity index (χ0v) is 16.8. The summed E-state index contributed by atoms with van der Waals surface area (Å²) in [6.07, 6.45) is 6.21. The molecule has 6 nitrogen and oxygen atoms in total. The number of halogens is 1. The molecule has 0 unspecified atom stereocenters. The molecule has 0 radical (unpaired) electrons. The van der Waals surface area contributed by atoms with Crippen LogP contribution in [0.4, 0.5) is 0 Å². The summed E-state index contributed by atoms with van der Waals surface area (Å²) in [6, 6.07) is 3.88. The molecule has 2 heterocycles. The van der Waals surface area contributed by atoms with E-state index in [4.69, 9.17) is 4.42 Å². The fourth-order valence-corrected chi connectivity index (χ4v) is 2.57. The minimum atomic E-state index is 0. The van der Waals surface area contributed by atoms with Gasteiger partial charge in [-0.05, 0) is 31.4 Å². The highest BCUT2D eigenvalue weighted by atomic mass is 127. The normalized spacial score (nSPS) is 14.6. The molecule has 1 fully saturated rings. The highest BCUT2D eigenvalue weighted by molar-refractivity contribution is 14.0. The SMILES string of the molecule is CCCN=C(NCCCN1CCCC1=O)NCCc1ccco1.I. The van der Waals surface area contributed by atoms with Gasteiger partial charge in [0, 0.05) is 45.6 Å². The third kappa shape index (κ3) is 7.55. The molecule has 1 aromatic heterocycles. The Balaban J connectivity index is 0.00000288. The fraction of sp³-hybridized carbons (Fsp3) is 0.647. The predicted octanol–water partition coefficient (Wildman–Crippen LogP) is 2.40. The second-order valence-electron chi connectivity index (χ2n) is 5.75. The first kappa shape index (κ1) is 20.8. The average Bonchev–Trinajstić information content (AvgIpc) is 3.20. The topological polar surface area (TPSA) is 69.9 Å². The minimum absolute atomic E-state index is 0. The summed E-state index contributed by atoms with van der Waals surface area (Å²) in [4.78, 5) is 18.0. The molecular formula is C17H29IN4O2. The van der Waals surface area contributed by atoms with Crippen LogP contribution in [0.5, 0.6) is 0 Å². The monoisotopic (exact) mass is 448 g/mol. The number of nitrogens with zero attached hydrogens (tertiary/aromatic N) is 2. The second kappa shape index (κ2) is 12.2. The van der Waals surface area contributed by atoms with Gasteiger partial charge in [0.05, 0.1) is 6.26 Å². The largest absolute Gasteiger partial charge is 0.469 e. The molecule has 2 N–H and O–H groups in total. The van der Waals surface area contributed by atoms with E-state index in [1.54, 1.807) is 6.26 Å². The first-order chi connectivity index (χ1) is 11.3. The van der Waals surface area contributed by atoms with Gasteiger partial charge in [0.25, 0.3) is 0 Å². The van der Waals surface area contributed by atoms with Crippen molar-refractivity contribution in [3.8, 4) is 0 Å². The molecule has 136 valence electrons. The maximum absolute atomic E-state index is 11.6. The maximum atomic E-state index is 11.6. The molecule has 1 aliphatic rings. The quantitative estimate of drug-likeness (QED) is 0.264. The number of hydrogen-bond acceptors (Lipinski definition) is 3. The summed E-state index contributed by atoms with van der Waals surface area (Å²) in [5.41, 5.74) is 0. The molecular weight excluding hydrogens is 419 g/mol. The van der Waals surface area contributed by atoms with Crippen LogP contribution >= 0.6 is 24.0 Å². The van der Waals surface area contributed by atoms with Gasteiger partial charge < -0.3 is 20.0 Å². The van der Waals surface area contributed by atoms with E-state index in [1.807, 2.05) is 17.0 Å². The van der Waals surface area contributed by atoms with E-state index in [2.05, 4.69) is 22.5 Å². The number of carbonyl (C=O) groups excluding carboxylic acids is 1. The highest BCUT2D eigenvalue weighted by Gasteiger charge is 2.18. The van der Waals surface area contributed by atoms with E-state index in [1.165, 1.54) is 0 Å². The molecule has 1 aliphatic heterocycles. The van der Waals surface area contributed by atoms with Crippen LogP contribution in [0, 0.1) is 0 Å². The van der Waals surface area contributed by atoms with Gasteiger partial charge in [0.2, 0.25) is 5.91 Å². The highest BCUT2D eigenvalue weighted by Crippen LogP contribution is 2.09. The van der Waals surface area contributed by atoms with Crippen LogP contribution in [-0.2, 0) is 11.2 Å². The molecule has 0 bridgehead atoms. The first-order valence-electron chi connectivity index (χ1n) is 8.62. The minimum Gasteiger partial charge on any atom is -0.469 e. The smallest absolute Gasteiger partial charge is 0.222 e. The van der Waals surface area contributed by atoms with Crippen molar-refractivity contribution < 1.29 is 9.21 Å². The Morgan fingerprint density at radius 1 is 1.38 bits per heavy atom. The molecule has 0 saturated carbocycles. The lowest BCUT2D eigenvalue weighted by atomic mass is 10.3. The van der Waals surface area contributed by atoms with Gasteiger partial charge in [0.1, 0.15) is 5.76 Å². The summed E-state index contributed by atoms with van der Waals surface area (Å²) >= 11 is 0. The van der Waals surface area contributed by atoms with Crippen LogP contribution in [0.2, 0.25) is 0 Å². The van der Waals surface area contributed by atoms with Crippen LogP contribution in [0.1, 0.15) is 38.4 Å². The van der Waals surface area contributed by atoms with E-state index in [0.717, 1.165) is 70.1 Å². The van der Waals surface area contributed by atoms with E-state index < -0.39 is 0 Å². The average molecular weight is 448 g/mol. The van der Waals surface area contributed by atoms with Crippen molar-refractivity contribution in [2.24, 2.45) is 4.99 Å². The molecule has 2 rings (SSSR count). The number of hydrogen-bond donors (Lipinski definition) is 2. The van der Waals surface area contributed by atoms with Gasteiger partial charge in [-0.3, -0.25) is 9.79 Å². The van der Waals surface area contributed by atoms with Gasteiger partial charge in [-0.2, -0.15) is 0 Å². The van der Waals surface area contributed by atoms with Crippen LogP contribution in [0.3, 0.4) is 0 Å². The molecule has 0 aliphatic carbocycles. The van der Waals surface area contributed by atoms with Gasteiger partial charge in [-0.1, -0.05) is 6.92 Å². The fourth-order valence-electron chi connectivity index (χ4n) is 2.57. The van der Waals surface area contributed by atoms with E-state index >= 15 is 0 Å². The standard InChI is InChI=1S/C17H28N4O2.HI/c1-2-9-18-17(20-11-8-15-6-4-14-23-15)19-10-5-13-21-12-3-7-16(21)22;/h4,6,14H,2-3,5,7-13H2,1H3,(H2,18,19,20);1H. The lowest BCUT2D eigenvalue weighted by molar-refractivity contribution is -0.127. The van der Waals surface area contributed by atoms with Gasteiger partial charge in [0.15, 0.2) is 5.96 Å². The van der Waals surface area contributed by atoms with Crippen LogP contribution in [0.25, 0.3) is 0 Å². The molecule has 0 aromatic carbocycles. The van der Waals surface area contributed by atoms with Gasteiger partial charge in [-0.25, -0.2) is 0 Å². The van der Waals surface area contributed by atoms with Gasteiger partial charge in [-0.15, -0.1) is 24.0 Å². The molecule has 24 heavy (non-hydrogen) atoms. The Labute approximate surface area is 161 Å². The zero-order valence-electron chi connectivity index (χ0n) is 14.4. The predicted molar refractivity (Wildman–Crippen MR) is 107 cm³/mol. The van der Waals surface area contributed by atoms with Crippen molar-refractivity contribution in [2.45, 2.75) is 39.0 Å². The van der Waals surface area contributed by atoms with Crippen molar-refractivity contribution in [2.75, 3.05) is 32.7 Å². The van der Waals surface area contributed by atoms with Crippen LogP contribution in [-0.4, -0.2) is 49.5 Å². The number of nitrogens with one attached hydrogen (secondary N) is 2.